The molecular formula is C22H15NO5. The van der Waals surface area contributed by atoms with E-state index in [9.17, 15) is 19.5 Å². The Morgan fingerprint density at radius 1 is 0.893 bits per heavy atom. The SMILES string of the molecule is COC(=O)c1cccc(NC(=O)c2ccc3c(c2)C(=O)c2ccccc2-3)c1O. The number of anilines is 1. The van der Waals surface area contributed by atoms with Gasteiger partial charge in [0.05, 0.1) is 12.8 Å². The molecule has 3 aromatic rings. The van der Waals surface area contributed by atoms with E-state index in [4.69, 9.17) is 0 Å². The summed E-state index contributed by atoms with van der Waals surface area (Å²) in [7, 11) is 1.20. The summed E-state index contributed by atoms with van der Waals surface area (Å²) in [5, 5.41) is 12.8. The summed E-state index contributed by atoms with van der Waals surface area (Å²) in [6.45, 7) is 0. The summed E-state index contributed by atoms with van der Waals surface area (Å²) in [6.07, 6.45) is 0. The zero-order chi connectivity index (χ0) is 19.8. The van der Waals surface area contributed by atoms with Gasteiger partial charge in [-0.25, -0.2) is 4.79 Å². The lowest BCUT2D eigenvalue weighted by atomic mass is 10.0. The van der Waals surface area contributed by atoms with Gasteiger partial charge in [0, 0.05) is 16.7 Å². The number of carbonyl (C=O) groups excluding carboxylic acids is 3. The molecule has 3 aromatic carbocycles. The number of ketones is 1. The Morgan fingerprint density at radius 3 is 2.36 bits per heavy atom. The van der Waals surface area contributed by atoms with Crippen LogP contribution < -0.4 is 5.32 Å². The van der Waals surface area contributed by atoms with Crippen LogP contribution in [0.4, 0.5) is 5.69 Å². The number of aromatic hydroxyl groups is 1. The lowest BCUT2D eigenvalue weighted by Crippen LogP contribution is -2.13. The molecular weight excluding hydrogens is 358 g/mol. The average molecular weight is 373 g/mol. The molecule has 28 heavy (non-hydrogen) atoms. The molecule has 6 heteroatoms. The second kappa shape index (κ2) is 6.66. The molecule has 138 valence electrons. The number of fused-ring (bicyclic) bond motifs is 3. The monoisotopic (exact) mass is 373 g/mol. The van der Waals surface area contributed by atoms with Gasteiger partial charge in [0.1, 0.15) is 5.56 Å². The summed E-state index contributed by atoms with van der Waals surface area (Å²) >= 11 is 0. The number of methoxy groups -OCH3 is 1. The summed E-state index contributed by atoms with van der Waals surface area (Å²) in [5.41, 5.74) is 2.98. The number of rotatable bonds is 3. The summed E-state index contributed by atoms with van der Waals surface area (Å²) in [6, 6.07) is 16.5. The van der Waals surface area contributed by atoms with E-state index in [2.05, 4.69) is 10.1 Å². The van der Waals surface area contributed by atoms with Crippen LogP contribution in [0.2, 0.25) is 0 Å². The normalized spacial score (nSPS) is 11.5. The average Bonchev–Trinajstić information content (AvgIpc) is 3.01. The molecule has 1 amide bonds. The van der Waals surface area contributed by atoms with Crippen LogP contribution in [0.15, 0.2) is 60.7 Å². The van der Waals surface area contributed by atoms with E-state index in [0.29, 0.717) is 11.1 Å². The first-order chi connectivity index (χ1) is 13.5. The zero-order valence-electron chi connectivity index (χ0n) is 14.9. The topological polar surface area (TPSA) is 92.7 Å². The van der Waals surface area contributed by atoms with E-state index >= 15 is 0 Å². The van der Waals surface area contributed by atoms with Crippen LogP contribution in [0.25, 0.3) is 11.1 Å². The number of para-hydroxylation sites is 1. The molecule has 1 aliphatic carbocycles. The fourth-order valence-electron chi connectivity index (χ4n) is 3.28. The van der Waals surface area contributed by atoms with Gasteiger partial charge in [-0.15, -0.1) is 0 Å². The highest BCUT2D eigenvalue weighted by atomic mass is 16.5. The van der Waals surface area contributed by atoms with E-state index in [-0.39, 0.29) is 28.3 Å². The molecule has 0 aliphatic heterocycles. The molecule has 4 rings (SSSR count). The predicted molar refractivity (Wildman–Crippen MR) is 103 cm³/mol. The van der Waals surface area contributed by atoms with Crippen molar-refractivity contribution in [3.63, 3.8) is 0 Å². The lowest BCUT2D eigenvalue weighted by molar-refractivity contribution is 0.0597. The van der Waals surface area contributed by atoms with Crippen LogP contribution in [0, 0.1) is 0 Å². The Bertz CT molecular complexity index is 1150. The van der Waals surface area contributed by atoms with Crippen molar-refractivity contribution in [1.82, 2.24) is 0 Å². The van der Waals surface area contributed by atoms with Gasteiger partial charge in [0.15, 0.2) is 11.5 Å². The highest BCUT2D eigenvalue weighted by molar-refractivity contribution is 6.22. The third-order valence-corrected chi connectivity index (χ3v) is 4.68. The lowest BCUT2D eigenvalue weighted by Gasteiger charge is -2.10. The molecule has 0 saturated heterocycles. The Kier molecular flexibility index (Phi) is 4.16. The molecule has 6 nitrogen and oxygen atoms in total. The molecule has 0 atom stereocenters. The first kappa shape index (κ1) is 17.5. The number of phenols is 1. The van der Waals surface area contributed by atoms with Crippen molar-refractivity contribution in [2.75, 3.05) is 12.4 Å². The van der Waals surface area contributed by atoms with E-state index < -0.39 is 11.9 Å². The van der Waals surface area contributed by atoms with Gasteiger partial charge in [-0.3, -0.25) is 9.59 Å². The van der Waals surface area contributed by atoms with E-state index in [1.807, 2.05) is 12.1 Å². The maximum absolute atomic E-state index is 12.6. The summed E-state index contributed by atoms with van der Waals surface area (Å²) in [5.74, 6) is -1.73. The van der Waals surface area contributed by atoms with E-state index in [0.717, 1.165) is 11.1 Å². The van der Waals surface area contributed by atoms with Crippen LogP contribution in [-0.4, -0.2) is 29.9 Å². The number of ether oxygens (including phenoxy) is 1. The van der Waals surface area contributed by atoms with Gasteiger partial charge in [0.2, 0.25) is 0 Å². The highest BCUT2D eigenvalue weighted by Gasteiger charge is 2.27. The molecule has 2 N–H and O–H groups in total. The van der Waals surface area contributed by atoms with Crippen LogP contribution in [0.5, 0.6) is 5.75 Å². The second-order valence-corrected chi connectivity index (χ2v) is 6.28. The van der Waals surface area contributed by atoms with Gasteiger partial charge in [-0.2, -0.15) is 0 Å². The molecule has 0 heterocycles. The molecule has 0 unspecified atom stereocenters. The number of hydrogen-bond donors (Lipinski definition) is 2. The van der Waals surface area contributed by atoms with Gasteiger partial charge in [0.25, 0.3) is 5.91 Å². The van der Waals surface area contributed by atoms with Crippen molar-refractivity contribution < 1.29 is 24.2 Å². The van der Waals surface area contributed by atoms with Crippen molar-refractivity contribution >= 4 is 23.3 Å². The maximum atomic E-state index is 12.6. The Labute approximate surface area is 160 Å². The van der Waals surface area contributed by atoms with Crippen LogP contribution in [0.3, 0.4) is 0 Å². The van der Waals surface area contributed by atoms with E-state index in [1.165, 1.54) is 31.4 Å². The first-order valence-electron chi connectivity index (χ1n) is 8.51. The third-order valence-electron chi connectivity index (χ3n) is 4.68. The van der Waals surface area contributed by atoms with Gasteiger partial charge >= 0.3 is 5.97 Å². The van der Waals surface area contributed by atoms with Crippen molar-refractivity contribution in [3.8, 4) is 16.9 Å². The quantitative estimate of drug-likeness (QED) is 0.422. The minimum atomic E-state index is -0.713. The molecule has 0 radical (unpaired) electrons. The van der Waals surface area contributed by atoms with E-state index in [1.54, 1.807) is 24.3 Å². The largest absolute Gasteiger partial charge is 0.505 e. The first-order valence-corrected chi connectivity index (χ1v) is 8.51. The van der Waals surface area contributed by atoms with Crippen LogP contribution in [-0.2, 0) is 4.74 Å². The Morgan fingerprint density at radius 2 is 1.61 bits per heavy atom. The Hall–Kier alpha value is -3.93. The molecule has 0 fully saturated rings. The van der Waals surface area contributed by atoms with Gasteiger partial charge < -0.3 is 15.2 Å². The summed E-state index contributed by atoms with van der Waals surface area (Å²) < 4.78 is 4.61. The van der Waals surface area contributed by atoms with Crippen LogP contribution >= 0.6 is 0 Å². The third kappa shape index (κ3) is 2.72. The standard InChI is InChI=1S/C22H15NO5/c1-28-22(27)16-7-4-8-18(20(16)25)23-21(26)12-9-10-14-13-5-2-3-6-15(13)19(24)17(14)11-12/h2-11,25H,1H3,(H,23,26). The maximum Gasteiger partial charge on any atom is 0.341 e. The van der Waals surface area contributed by atoms with Crippen molar-refractivity contribution in [2.45, 2.75) is 0 Å². The molecule has 0 spiro atoms. The minimum Gasteiger partial charge on any atom is -0.505 e. The smallest absolute Gasteiger partial charge is 0.341 e. The fourth-order valence-corrected chi connectivity index (χ4v) is 3.28. The van der Waals surface area contributed by atoms with Crippen molar-refractivity contribution in [3.05, 3.63) is 82.9 Å². The van der Waals surface area contributed by atoms with Crippen molar-refractivity contribution in [2.24, 2.45) is 0 Å². The van der Waals surface area contributed by atoms with Gasteiger partial charge in [-0.05, 0) is 35.4 Å². The summed E-state index contributed by atoms with van der Waals surface area (Å²) in [4.78, 5) is 36.9. The Balaban J connectivity index is 1.65. The molecule has 0 aromatic heterocycles. The van der Waals surface area contributed by atoms with Gasteiger partial charge in [-0.1, -0.05) is 36.4 Å². The number of carbonyl (C=O) groups is 3. The number of nitrogens with one attached hydrogen (secondary N) is 1. The number of esters is 1. The predicted octanol–water partition coefficient (Wildman–Crippen LogP) is 3.64. The van der Waals surface area contributed by atoms with Crippen molar-refractivity contribution in [1.29, 1.82) is 0 Å². The highest BCUT2D eigenvalue weighted by Crippen LogP contribution is 2.37. The number of benzene rings is 3. The fraction of sp³-hybridized carbons (Fsp3) is 0.0455. The number of hydrogen-bond acceptors (Lipinski definition) is 5. The molecule has 1 aliphatic rings. The molecule has 0 bridgehead atoms. The minimum absolute atomic E-state index is 0.0557. The number of amides is 1. The van der Waals surface area contributed by atoms with Crippen LogP contribution in [0.1, 0.15) is 36.6 Å². The second-order valence-electron chi connectivity index (χ2n) is 6.28. The zero-order valence-corrected chi connectivity index (χ0v) is 14.9. The molecule has 0 saturated carbocycles. The number of phenolic OH excluding ortho intramolecular Hbond substituents is 1.